The van der Waals surface area contributed by atoms with E-state index >= 15 is 0 Å². The first-order valence-corrected chi connectivity index (χ1v) is 6.55. The van der Waals surface area contributed by atoms with Crippen LogP contribution in [-0.2, 0) is 11.2 Å². The minimum Gasteiger partial charge on any atom is -0.508 e. The van der Waals surface area contributed by atoms with Crippen molar-refractivity contribution in [3.63, 3.8) is 0 Å². The van der Waals surface area contributed by atoms with Gasteiger partial charge in [0, 0.05) is 11.8 Å². The number of aromatic hydroxyl groups is 2. The number of aromatic carboxylic acids is 1. The average molecular weight is 332 g/mol. The molecule has 2 aromatic rings. The SMILES string of the molecule is O=C(O)Cc1cc(O)c(C(=O)Nc2cnccc2C(=O)O)cc1O. The number of carbonyl (C=O) groups excluding carboxylic acids is 1. The number of nitrogens with zero attached hydrogens (tertiary/aromatic N) is 1. The van der Waals surface area contributed by atoms with Gasteiger partial charge in [-0.2, -0.15) is 0 Å². The lowest BCUT2D eigenvalue weighted by molar-refractivity contribution is -0.136. The number of benzene rings is 1. The maximum atomic E-state index is 12.2. The van der Waals surface area contributed by atoms with Crippen LogP contribution in [0.3, 0.4) is 0 Å². The van der Waals surface area contributed by atoms with Gasteiger partial charge >= 0.3 is 11.9 Å². The molecule has 0 radical (unpaired) electrons. The molecular formula is C15H12N2O7. The fourth-order valence-electron chi connectivity index (χ4n) is 1.98. The first kappa shape index (κ1) is 16.7. The number of carbonyl (C=O) groups is 3. The summed E-state index contributed by atoms with van der Waals surface area (Å²) in [5.74, 6) is -4.42. The number of carboxylic acid groups (broad SMARTS) is 2. The molecule has 24 heavy (non-hydrogen) atoms. The highest BCUT2D eigenvalue weighted by atomic mass is 16.4. The zero-order valence-corrected chi connectivity index (χ0v) is 12.1. The Hall–Kier alpha value is -3.62. The lowest BCUT2D eigenvalue weighted by Crippen LogP contribution is -2.15. The molecule has 1 heterocycles. The van der Waals surface area contributed by atoms with Gasteiger partial charge in [-0.1, -0.05) is 0 Å². The van der Waals surface area contributed by atoms with Gasteiger partial charge in [0.2, 0.25) is 0 Å². The van der Waals surface area contributed by atoms with Crippen LogP contribution in [-0.4, -0.2) is 43.3 Å². The summed E-state index contributed by atoms with van der Waals surface area (Å²) in [6.07, 6.45) is 1.83. The van der Waals surface area contributed by atoms with Crippen molar-refractivity contribution in [3.05, 3.63) is 47.3 Å². The number of pyridine rings is 1. The summed E-state index contributed by atoms with van der Waals surface area (Å²) in [4.78, 5) is 37.6. The van der Waals surface area contributed by atoms with E-state index in [4.69, 9.17) is 10.2 Å². The highest BCUT2D eigenvalue weighted by Crippen LogP contribution is 2.28. The molecule has 0 unspecified atom stereocenters. The molecule has 1 aromatic carbocycles. The van der Waals surface area contributed by atoms with Crippen molar-refractivity contribution in [3.8, 4) is 11.5 Å². The van der Waals surface area contributed by atoms with E-state index in [1.165, 1.54) is 12.3 Å². The van der Waals surface area contributed by atoms with Crippen molar-refractivity contribution in [2.45, 2.75) is 6.42 Å². The molecule has 0 aliphatic heterocycles. The Labute approximate surface area is 134 Å². The molecule has 0 saturated heterocycles. The molecule has 0 saturated carbocycles. The van der Waals surface area contributed by atoms with Gasteiger partial charge in [0.05, 0.1) is 29.4 Å². The third-order valence-corrected chi connectivity index (χ3v) is 3.08. The molecule has 0 aliphatic rings. The lowest BCUT2D eigenvalue weighted by Gasteiger charge is -2.11. The molecule has 0 bridgehead atoms. The number of hydrogen-bond donors (Lipinski definition) is 5. The zero-order chi connectivity index (χ0) is 17.9. The van der Waals surface area contributed by atoms with E-state index in [2.05, 4.69) is 10.3 Å². The van der Waals surface area contributed by atoms with E-state index < -0.39 is 35.8 Å². The van der Waals surface area contributed by atoms with Gasteiger partial charge in [-0.25, -0.2) is 4.79 Å². The first-order chi connectivity index (χ1) is 11.3. The average Bonchev–Trinajstić information content (AvgIpc) is 2.50. The number of carboxylic acids is 2. The standard InChI is InChI=1S/C15H12N2O7/c18-11-5-9(12(19)3-7(11)4-13(20)21)14(22)17-10-6-16-2-1-8(10)15(23)24/h1-3,5-6,18-19H,4H2,(H,17,22)(H,20,21)(H,23,24). The molecular weight excluding hydrogens is 320 g/mol. The normalized spacial score (nSPS) is 10.2. The van der Waals surface area contributed by atoms with Crippen molar-refractivity contribution in [2.24, 2.45) is 0 Å². The largest absolute Gasteiger partial charge is 0.508 e. The van der Waals surface area contributed by atoms with E-state index in [0.29, 0.717) is 0 Å². The van der Waals surface area contributed by atoms with Crippen LogP contribution in [0, 0.1) is 0 Å². The summed E-state index contributed by atoms with van der Waals surface area (Å²) in [6.45, 7) is 0. The second kappa shape index (κ2) is 6.65. The third kappa shape index (κ3) is 3.58. The van der Waals surface area contributed by atoms with Crippen molar-refractivity contribution < 1.29 is 34.8 Å². The molecule has 124 valence electrons. The number of hydrogen-bond acceptors (Lipinski definition) is 6. The van der Waals surface area contributed by atoms with Crippen LogP contribution in [0.25, 0.3) is 0 Å². The number of anilines is 1. The van der Waals surface area contributed by atoms with Gasteiger partial charge in [-0.05, 0) is 18.2 Å². The van der Waals surface area contributed by atoms with Gasteiger partial charge in [-0.15, -0.1) is 0 Å². The second-order valence-electron chi connectivity index (χ2n) is 4.75. The van der Waals surface area contributed by atoms with Crippen LogP contribution in [0.15, 0.2) is 30.6 Å². The summed E-state index contributed by atoms with van der Waals surface area (Å²) in [6, 6.07) is 3.05. The molecule has 0 spiro atoms. The highest BCUT2D eigenvalue weighted by molar-refractivity contribution is 6.09. The lowest BCUT2D eigenvalue weighted by atomic mass is 10.1. The van der Waals surface area contributed by atoms with Gasteiger partial charge < -0.3 is 25.7 Å². The maximum Gasteiger partial charge on any atom is 0.337 e. The van der Waals surface area contributed by atoms with E-state index in [0.717, 1.165) is 18.3 Å². The number of phenols is 2. The minimum atomic E-state index is -1.28. The number of phenolic OH excluding ortho intramolecular Hbond substituents is 2. The van der Waals surface area contributed by atoms with E-state index in [1.807, 2.05) is 0 Å². The molecule has 0 aliphatic carbocycles. The van der Waals surface area contributed by atoms with Gasteiger partial charge in [0.1, 0.15) is 11.5 Å². The summed E-state index contributed by atoms with van der Waals surface area (Å²) >= 11 is 0. The quantitative estimate of drug-likeness (QED) is 0.509. The predicted molar refractivity (Wildman–Crippen MR) is 80.3 cm³/mol. The number of nitrogens with one attached hydrogen (secondary N) is 1. The molecule has 9 nitrogen and oxygen atoms in total. The maximum absolute atomic E-state index is 12.2. The molecule has 1 aromatic heterocycles. The highest BCUT2D eigenvalue weighted by Gasteiger charge is 2.19. The van der Waals surface area contributed by atoms with E-state index in [1.54, 1.807) is 0 Å². The van der Waals surface area contributed by atoms with Crippen LogP contribution in [0.1, 0.15) is 26.3 Å². The number of amides is 1. The van der Waals surface area contributed by atoms with Gasteiger partial charge in [0.25, 0.3) is 5.91 Å². The number of aromatic nitrogens is 1. The topological polar surface area (TPSA) is 157 Å². The second-order valence-corrected chi connectivity index (χ2v) is 4.75. The van der Waals surface area contributed by atoms with Crippen molar-refractivity contribution in [1.29, 1.82) is 0 Å². The van der Waals surface area contributed by atoms with Gasteiger partial charge in [-0.3, -0.25) is 14.6 Å². The van der Waals surface area contributed by atoms with Crippen LogP contribution in [0.5, 0.6) is 11.5 Å². The molecule has 0 fully saturated rings. The Balaban J connectivity index is 2.33. The smallest absolute Gasteiger partial charge is 0.337 e. The molecule has 1 amide bonds. The van der Waals surface area contributed by atoms with Crippen molar-refractivity contribution in [1.82, 2.24) is 4.98 Å². The Kier molecular flexibility index (Phi) is 4.64. The van der Waals surface area contributed by atoms with Crippen molar-refractivity contribution in [2.75, 3.05) is 5.32 Å². The van der Waals surface area contributed by atoms with Crippen LogP contribution in [0.2, 0.25) is 0 Å². The third-order valence-electron chi connectivity index (χ3n) is 3.08. The summed E-state index contributed by atoms with van der Waals surface area (Å²) in [5, 5.41) is 39.6. The summed E-state index contributed by atoms with van der Waals surface area (Å²) < 4.78 is 0. The fraction of sp³-hybridized carbons (Fsp3) is 0.0667. The predicted octanol–water partition coefficient (Wildman–Crippen LogP) is 1.07. The molecule has 9 heteroatoms. The minimum absolute atomic E-state index is 0.0656. The Morgan fingerprint density at radius 3 is 2.38 bits per heavy atom. The van der Waals surface area contributed by atoms with Crippen LogP contribution >= 0.6 is 0 Å². The Bertz CT molecular complexity index is 833. The van der Waals surface area contributed by atoms with Gasteiger partial charge in [0.15, 0.2) is 0 Å². The molecule has 0 atom stereocenters. The van der Waals surface area contributed by atoms with E-state index in [-0.39, 0.29) is 22.4 Å². The zero-order valence-electron chi connectivity index (χ0n) is 12.1. The van der Waals surface area contributed by atoms with Crippen molar-refractivity contribution >= 4 is 23.5 Å². The summed E-state index contributed by atoms with van der Waals surface area (Å²) in [7, 11) is 0. The summed E-state index contributed by atoms with van der Waals surface area (Å²) in [5.41, 5.74) is -0.709. The molecule has 5 N–H and O–H groups in total. The van der Waals surface area contributed by atoms with Crippen LogP contribution in [0.4, 0.5) is 5.69 Å². The molecule has 2 rings (SSSR count). The number of aliphatic carboxylic acids is 1. The number of rotatable bonds is 5. The van der Waals surface area contributed by atoms with Crippen LogP contribution < -0.4 is 5.32 Å². The fourth-order valence-corrected chi connectivity index (χ4v) is 1.98. The monoisotopic (exact) mass is 332 g/mol. The Morgan fingerprint density at radius 2 is 1.75 bits per heavy atom. The Morgan fingerprint density at radius 1 is 1.04 bits per heavy atom. The first-order valence-electron chi connectivity index (χ1n) is 6.55. The van der Waals surface area contributed by atoms with E-state index in [9.17, 15) is 24.6 Å².